The van der Waals surface area contributed by atoms with Gasteiger partial charge in [-0.05, 0) is 57.3 Å². The van der Waals surface area contributed by atoms with Gasteiger partial charge in [-0.2, -0.15) is 0 Å². The van der Waals surface area contributed by atoms with E-state index in [1.807, 2.05) is 0 Å². The number of likely N-dealkylation sites (tertiary alicyclic amines) is 2. The third kappa shape index (κ3) is 5.53. The van der Waals surface area contributed by atoms with Crippen LogP contribution in [0.5, 0.6) is 0 Å². The Morgan fingerprint density at radius 3 is 2.62 bits per heavy atom. The van der Waals surface area contributed by atoms with Gasteiger partial charge >= 0.3 is 0 Å². The van der Waals surface area contributed by atoms with Gasteiger partial charge in [-0.3, -0.25) is 14.6 Å². The topological polar surface area (TPSA) is 55.8 Å². The monoisotopic (exact) mass is 359 g/mol. The lowest BCUT2D eigenvalue weighted by Crippen LogP contribution is -2.50. The van der Waals surface area contributed by atoms with E-state index >= 15 is 0 Å². The molecule has 0 bridgehead atoms. The normalized spacial score (nSPS) is 23.0. The van der Waals surface area contributed by atoms with Gasteiger partial charge in [-0.15, -0.1) is 0 Å². The molecule has 2 aliphatic heterocycles. The van der Waals surface area contributed by atoms with Crippen LogP contribution in [0, 0.1) is 5.92 Å². The van der Waals surface area contributed by atoms with Gasteiger partial charge in [0.2, 0.25) is 5.91 Å². The molecule has 2 heterocycles. The predicted molar refractivity (Wildman–Crippen MR) is 104 cm³/mol. The first kappa shape index (κ1) is 19.3. The number of aliphatic hydroxyl groups is 1. The van der Waals surface area contributed by atoms with Crippen LogP contribution in [-0.4, -0.2) is 66.2 Å². The summed E-state index contributed by atoms with van der Waals surface area (Å²) in [4.78, 5) is 17.4. The third-order valence-electron chi connectivity index (χ3n) is 5.78. The molecule has 0 aromatic heterocycles. The minimum Gasteiger partial charge on any atom is -0.396 e. The van der Waals surface area contributed by atoms with Crippen molar-refractivity contribution >= 4 is 5.91 Å². The average Bonchev–Trinajstić information content (AvgIpc) is 2.69. The summed E-state index contributed by atoms with van der Waals surface area (Å²) in [5.74, 6) is 0.287. The van der Waals surface area contributed by atoms with Crippen molar-refractivity contribution in [2.75, 3.05) is 39.3 Å². The van der Waals surface area contributed by atoms with E-state index in [1.54, 1.807) is 0 Å². The highest BCUT2D eigenvalue weighted by Crippen LogP contribution is 2.24. The molecule has 1 aromatic carbocycles. The zero-order valence-electron chi connectivity index (χ0n) is 15.8. The summed E-state index contributed by atoms with van der Waals surface area (Å²) in [5, 5.41) is 11.8. The Balaban J connectivity index is 1.43. The molecule has 0 spiro atoms. The molecule has 1 atom stereocenters. The van der Waals surface area contributed by atoms with Crippen molar-refractivity contribution in [1.82, 2.24) is 15.1 Å². The van der Waals surface area contributed by atoms with E-state index in [2.05, 4.69) is 45.4 Å². The highest BCUT2D eigenvalue weighted by molar-refractivity contribution is 5.78. The lowest BCUT2D eigenvalue weighted by Gasteiger charge is -2.42. The molecular formula is C21H33N3O2. The lowest BCUT2D eigenvalue weighted by molar-refractivity contribution is -0.127. The number of rotatable bonds is 7. The molecule has 5 heteroatoms. The van der Waals surface area contributed by atoms with Crippen LogP contribution in [0.1, 0.15) is 37.7 Å². The third-order valence-corrected chi connectivity index (χ3v) is 5.78. The van der Waals surface area contributed by atoms with Gasteiger partial charge in [-0.1, -0.05) is 30.3 Å². The lowest BCUT2D eigenvalue weighted by atomic mass is 9.93. The van der Waals surface area contributed by atoms with Gasteiger partial charge in [-0.25, -0.2) is 0 Å². The number of hydrogen-bond donors (Lipinski definition) is 2. The molecule has 144 valence electrons. The fourth-order valence-corrected chi connectivity index (χ4v) is 4.27. The largest absolute Gasteiger partial charge is 0.396 e. The number of amides is 1. The quantitative estimate of drug-likeness (QED) is 0.730. The van der Waals surface area contributed by atoms with Gasteiger partial charge in [0.05, 0.1) is 5.92 Å². The molecule has 0 aliphatic carbocycles. The van der Waals surface area contributed by atoms with Crippen LogP contribution in [0.3, 0.4) is 0 Å². The molecule has 3 rings (SSSR count). The minimum absolute atomic E-state index is 0.116. The van der Waals surface area contributed by atoms with Crippen LogP contribution in [0.25, 0.3) is 0 Å². The fourth-order valence-electron chi connectivity index (χ4n) is 4.27. The molecule has 0 unspecified atom stereocenters. The number of nitrogens with one attached hydrogen (secondary N) is 1. The maximum Gasteiger partial charge on any atom is 0.224 e. The van der Waals surface area contributed by atoms with Gasteiger partial charge in [0.1, 0.15) is 0 Å². The first-order chi connectivity index (χ1) is 12.8. The molecule has 2 saturated heterocycles. The summed E-state index contributed by atoms with van der Waals surface area (Å²) in [5.41, 5.74) is 1.39. The first-order valence-corrected chi connectivity index (χ1v) is 10.1. The van der Waals surface area contributed by atoms with Crippen molar-refractivity contribution in [3.05, 3.63) is 35.9 Å². The number of piperidine rings is 2. The van der Waals surface area contributed by atoms with E-state index in [0.717, 1.165) is 45.6 Å². The van der Waals surface area contributed by atoms with E-state index < -0.39 is 0 Å². The highest BCUT2D eigenvalue weighted by atomic mass is 16.3. The molecule has 2 fully saturated rings. The Morgan fingerprint density at radius 2 is 1.88 bits per heavy atom. The molecule has 1 aromatic rings. The molecule has 2 N–H and O–H groups in total. The summed E-state index contributed by atoms with van der Waals surface area (Å²) in [6, 6.07) is 11.3. The Kier molecular flexibility index (Phi) is 7.47. The molecule has 2 aliphatic rings. The van der Waals surface area contributed by atoms with Crippen LogP contribution in [0.15, 0.2) is 30.3 Å². The summed E-state index contributed by atoms with van der Waals surface area (Å²) >= 11 is 0. The summed E-state index contributed by atoms with van der Waals surface area (Å²) < 4.78 is 0. The number of benzene rings is 1. The van der Waals surface area contributed by atoms with Crippen LogP contribution in [-0.2, 0) is 11.3 Å². The summed E-state index contributed by atoms with van der Waals surface area (Å²) in [6.07, 6.45) is 5.15. The number of hydrogen-bond acceptors (Lipinski definition) is 4. The summed E-state index contributed by atoms with van der Waals surface area (Å²) in [6.45, 7) is 6.08. The van der Waals surface area contributed by atoms with Crippen molar-refractivity contribution in [2.45, 2.75) is 44.7 Å². The first-order valence-electron chi connectivity index (χ1n) is 10.1. The second kappa shape index (κ2) is 10.0. The van der Waals surface area contributed by atoms with Crippen molar-refractivity contribution in [2.24, 2.45) is 5.92 Å². The molecule has 1 amide bonds. The number of carbonyl (C=O) groups excluding carboxylic acids is 1. The van der Waals surface area contributed by atoms with Gasteiger partial charge in [0, 0.05) is 32.3 Å². The Hall–Kier alpha value is -1.43. The Labute approximate surface area is 157 Å². The molecule has 5 nitrogen and oxygen atoms in total. The van der Waals surface area contributed by atoms with E-state index in [0.29, 0.717) is 19.0 Å². The van der Waals surface area contributed by atoms with Crippen molar-refractivity contribution < 1.29 is 9.90 Å². The fraction of sp³-hybridized carbons (Fsp3) is 0.667. The van der Waals surface area contributed by atoms with Crippen LogP contribution >= 0.6 is 0 Å². The molecule has 0 radical (unpaired) electrons. The van der Waals surface area contributed by atoms with E-state index in [1.165, 1.54) is 18.4 Å². The van der Waals surface area contributed by atoms with Gasteiger partial charge in [0.15, 0.2) is 0 Å². The smallest absolute Gasteiger partial charge is 0.224 e. The zero-order chi connectivity index (χ0) is 18.2. The maximum absolute atomic E-state index is 12.3. The number of aliphatic hydroxyl groups excluding tert-OH is 1. The molecular weight excluding hydrogens is 326 g/mol. The molecule has 26 heavy (non-hydrogen) atoms. The molecule has 0 saturated carbocycles. The average molecular weight is 360 g/mol. The predicted octanol–water partition coefficient (Wildman–Crippen LogP) is 1.86. The van der Waals surface area contributed by atoms with Crippen molar-refractivity contribution in [1.29, 1.82) is 0 Å². The van der Waals surface area contributed by atoms with Crippen molar-refractivity contribution in [3.63, 3.8) is 0 Å². The number of nitrogens with zero attached hydrogens (tertiary/aromatic N) is 2. The Morgan fingerprint density at radius 1 is 1.12 bits per heavy atom. The minimum atomic E-state index is 0.116. The second-order valence-electron chi connectivity index (χ2n) is 7.70. The summed E-state index contributed by atoms with van der Waals surface area (Å²) in [7, 11) is 0. The van der Waals surface area contributed by atoms with Crippen LogP contribution in [0.4, 0.5) is 0 Å². The SMILES string of the molecule is O=C(NCCCO)[C@H]1CCCN(C2CCN(Cc3ccccc3)CC2)C1. The standard InChI is InChI=1S/C21H33N3O2/c25-15-5-11-22-21(26)19-8-4-12-24(17-19)20-9-13-23(14-10-20)16-18-6-2-1-3-7-18/h1-3,6-7,19-20,25H,4-5,8-17H2,(H,22,26)/t19-/m0/s1. The van der Waals surface area contributed by atoms with Crippen molar-refractivity contribution in [3.8, 4) is 0 Å². The van der Waals surface area contributed by atoms with E-state index in [4.69, 9.17) is 5.11 Å². The van der Waals surface area contributed by atoms with Gasteiger partial charge in [0.25, 0.3) is 0 Å². The zero-order valence-corrected chi connectivity index (χ0v) is 15.8. The highest BCUT2D eigenvalue weighted by Gasteiger charge is 2.31. The van der Waals surface area contributed by atoms with E-state index in [9.17, 15) is 4.79 Å². The van der Waals surface area contributed by atoms with Crippen LogP contribution < -0.4 is 5.32 Å². The van der Waals surface area contributed by atoms with E-state index in [-0.39, 0.29) is 18.4 Å². The Bertz CT molecular complexity index is 543. The maximum atomic E-state index is 12.3. The number of carbonyl (C=O) groups is 1. The second-order valence-corrected chi connectivity index (χ2v) is 7.70. The van der Waals surface area contributed by atoms with Gasteiger partial charge < -0.3 is 10.4 Å². The van der Waals surface area contributed by atoms with Crippen LogP contribution in [0.2, 0.25) is 0 Å².